The van der Waals surface area contributed by atoms with E-state index < -0.39 is 30.8 Å². The van der Waals surface area contributed by atoms with Crippen molar-refractivity contribution in [1.29, 1.82) is 0 Å². The van der Waals surface area contributed by atoms with E-state index in [4.69, 9.17) is 9.94 Å². The lowest BCUT2D eigenvalue weighted by molar-refractivity contribution is -0.383. The van der Waals surface area contributed by atoms with Crippen LogP contribution in [0, 0.1) is 10.1 Å². The second kappa shape index (κ2) is 6.03. The zero-order valence-corrected chi connectivity index (χ0v) is 12.1. The summed E-state index contributed by atoms with van der Waals surface area (Å²) in [4.78, 5) is 23.8. The van der Waals surface area contributed by atoms with Gasteiger partial charge in [0.1, 0.15) is 4.88 Å². The number of nitro groups is 1. The van der Waals surface area contributed by atoms with Gasteiger partial charge in [0.05, 0.1) is 18.1 Å². The number of hydrogen-bond acceptors (Lipinski definition) is 8. The third-order valence-corrected chi connectivity index (χ3v) is 5.10. The van der Waals surface area contributed by atoms with Crippen molar-refractivity contribution in [2.45, 2.75) is 4.90 Å². The molecule has 0 atom stereocenters. The van der Waals surface area contributed by atoms with Gasteiger partial charge in [-0.3, -0.25) is 14.9 Å². The summed E-state index contributed by atoms with van der Waals surface area (Å²) in [7, 11) is -4.44. The van der Waals surface area contributed by atoms with Crippen LogP contribution in [0.5, 0.6) is 0 Å². The van der Waals surface area contributed by atoms with Gasteiger partial charge in [-0.15, -0.1) is 0 Å². The van der Waals surface area contributed by atoms with E-state index in [1.54, 1.807) is 0 Å². The summed E-state index contributed by atoms with van der Waals surface area (Å²) in [5, 5.41) is 18.7. The van der Waals surface area contributed by atoms with Gasteiger partial charge < -0.3 is 14.8 Å². The van der Waals surface area contributed by atoms with Crippen molar-refractivity contribution in [3.8, 4) is 0 Å². The van der Waals surface area contributed by atoms with Gasteiger partial charge in [-0.1, -0.05) is 16.2 Å². The predicted molar refractivity (Wildman–Crippen MR) is 69.8 cm³/mol. The highest BCUT2D eigenvalue weighted by atomic mass is 32.2. The molecular formula is C9H11N3O7S2. The fraction of sp³-hybridized carbons (Fsp3) is 0.444. The summed E-state index contributed by atoms with van der Waals surface area (Å²) in [6, 6.07) is 0.888. The monoisotopic (exact) mass is 337 g/mol. The fourth-order valence-electron chi connectivity index (χ4n) is 1.76. The first-order valence-electron chi connectivity index (χ1n) is 5.68. The average molecular weight is 337 g/mol. The first-order chi connectivity index (χ1) is 9.86. The van der Waals surface area contributed by atoms with E-state index in [1.807, 2.05) is 0 Å². The molecule has 2 N–H and O–H groups in total. The van der Waals surface area contributed by atoms with E-state index in [9.17, 15) is 23.3 Å². The molecule has 0 spiro atoms. The van der Waals surface area contributed by atoms with Gasteiger partial charge in [0.25, 0.3) is 15.9 Å². The summed E-state index contributed by atoms with van der Waals surface area (Å²) >= 11 is 0.450. The van der Waals surface area contributed by atoms with Crippen LogP contribution >= 0.6 is 11.3 Å². The maximum absolute atomic E-state index is 12.2. The second-order valence-corrected chi connectivity index (χ2v) is 6.70. The number of thiophene rings is 1. The van der Waals surface area contributed by atoms with E-state index in [2.05, 4.69) is 0 Å². The second-order valence-electron chi connectivity index (χ2n) is 4.04. The molecule has 1 aromatic rings. The van der Waals surface area contributed by atoms with Crippen molar-refractivity contribution >= 4 is 32.3 Å². The molecular weight excluding hydrogens is 326 g/mol. The summed E-state index contributed by atoms with van der Waals surface area (Å²) in [5.41, 5.74) is 0. The predicted octanol–water partition coefficient (Wildman–Crippen LogP) is -0.204. The first-order valence-corrected chi connectivity index (χ1v) is 7.98. The van der Waals surface area contributed by atoms with Crippen molar-refractivity contribution in [1.82, 2.24) is 9.79 Å². The minimum absolute atomic E-state index is 0.0857. The standard InChI is InChI=1S/C9H11N3O7S2/c13-8(11-1-3-19-4-2-11)6-5-7(21(17,18)10-14)9(20-6)12(15)16/h5,10,14H,1-4H2. The Morgan fingerprint density at radius 3 is 2.62 bits per heavy atom. The van der Waals surface area contributed by atoms with E-state index in [1.165, 1.54) is 4.90 Å². The quantitative estimate of drug-likeness (QED) is 0.572. The van der Waals surface area contributed by atoms with E-state index in [0.717, 1.165) is 11.0 Å². The molecule has 12 heteroatoms. The number of sulfonamides is 1. The van der Waals surface area contributed by atoms with Crippen LogP contribution in [0.2, 0.25) is 0 Å². The smallest absolute Gasteiger partial charge is 0.344 e. The Morgan fingerprint density at radius 1 is 1.48 bits per heavy atom. The third-order valence-electron chi connectivity index (χ3n) is 2.76. The van der Waals surface area contributed by atoms with Crippen LogP contribution in [0.1, 0.15) is 9.67 Å². The van der Waals surface area contributed by atoms with Crippen LogP contribution in [0.3, 0.4) is 0 Å². The minimum Gasteiger partial charge on any atom is -0.378 e. The van der Waals surface area contributed by atoms with Gasteiger partial charge in [-0.05, 0) is 6.07 Å². The lowest BCUT2D eigenvalue weighted by Gasteiger charge is -2.26. The molecule has 116 valence electrons. The molecule has 1 amide bonds. The Morgan fingerprint density at radius 2 is 2.10 bits per heavy atom. The highest BCUT2D eigenvalue weighted by Gasteiger charge is 2.32. The number of morpholine rings is 1. The van der Waals surface area contributed by atoms with Gasteiger partial charge >= 0.3 is 5.00 Å². The van der Waals surface area contributed by atoms with Crippen molar-refractivity contribution in [3.63, 3.8) is 0 Å². The van der Waals surface area contributed by atoms with Crippen LogP contribution in [-0.4, -0.2) is 55.7 Å². The topological polar surface area (TPSA) is 139 Å². The molecule has 1 saturated heterocycles. The Bertz CT molecular complexity index is 663. The molecule has 21 heavy (non-hydrogen) atoms. The lowest BCUT2D eigenvalue weighted by atomic mass is 10.3. The van der Waals surface area contributed by atoms with Gasteiger partial charge in [-0.2, -0.15) is 0 Å². The molecule has 1 fully saturated rings. The number of nitrogens with zero attached hydrogens (tertiary/aromatic N) is 2. The summed E-state index contributed by atoms with van der Waals surface area (Å²) in [6.45, 7) is 1.35. The molecule has 0 aromatic carbocycles. The number of carbonyl (C=O) groups is 1. The minimum atomic E-state index is -4.44. The Kier molecular flexibility index (Phi) is 4.53. The van der Waals surface area contributed by atoms with E-state index in [-0.39, 0.29) is 4.88 Å². The number of hydrogen-bond donors (Lipinski definition) is 2. The number of rotatable bonds is 4. The van der Waals surface area contributed by atoms with Crippen molar-refractivity contribution in [3.05, 3.63) is 21.1 Å². The third kappa shape index (κ3) is 3.19. The van der Waals surface area contributed by atoms with Crippen LogP contribution in [0.15, 0.2) is 11.0 Å². The normalized spacial score (nSPS) is 16.0. The van der Waals surface area contributed by atoms with Crippen molar-refractivity contribution < 1.29 is 28.1 Å². The molecule has 1 aliphatic heterocycles. The number of carbonyl (C=O) groups excluding carboxylic acids is 1. The largest absolute Gasteiger partial charge is 0.378 e. The molecule has 0 radical (unpaired) electrons. The Hall–Kier alpha value is -1.60. The highest BCUT2D eigenvalue weighted by molar-refractivity contribution is 7.89. The van der Waals surface area contributed by atoms with Crippen LogP contribution in [0.25, 0.3) is 0 Å². The Balaban J connectivity index is 2.40. The molecule has 1 aliphatic rings. The highest BCUT2D eigenvalue weighted by Crippen LogP contribution is 2.34. The van der Waals surface area contributed by atoms with Gasteiger partial charge in [-0.25, -0.2) is 8.42 Å². The summed E-state index contributed by atoms with van der Waals surface area (Å²) in [6.07, 6.45) is 0. The van der Waals surface area contributed by atoms with Crippen LogP contribution in [-0.2, 0) is 14.8 Å². The molecule has 0 bridgehead atoms. The van der Waals surface area contributed by atoms with Gasteiger partial charge in [0.15, 0.2) is 4.90 Å². The molecule has 2 rings (SSSR count). The van der Waals surface area contributed by atoms with Crippen LogP contribution < -0.4 is 4.89 Å². The number of amides is 1. The van der Waals surface area contributed by atoms with E-state index in [0.29, 0.717) is 37.6 Å². The maximum atomic E-state index is 12.2. The summed E-state index contributed by atoms with van der Waals surface area (Å²) in [5.74, 6) is -0.509. The first kappa shape index (κ1) is 15.8. The van der Waals surface area contributed by atoms with E-state index >= 15 is 0 Å². The number of nitrogens with one attached hydrogen (secondary N) is 1. The average Bonchev–Trinajstić information content (AvgIpc) is 2.93. The van der Waals surface area contributed by atoms with Gasteiger partial charge in [0, 0.05) is 13.1 Å². The molecule has 0 saturated carbocycles. The van der Waals surface area contributed by atoms with Gasteiger partial charge in [0.2, 0.25) is 0 Å². The molecule has 0 unspecified atom stereocenters. The maximum Gasteiger partial charge on any atom is 0.344 e. The molecule has 2 heterocycles. The summed E-state index contributed by atoms with van der Waals surface area (Å²) < 4.78 is 28.2. The van der Waals surface area contributed by atoms with Crippen LogP contribution in [0.4, 0.5) is 5.00 Å². The molecule has 0 aliphatic carbocycles. The van der Waals surface area contributed by atoms with Crippen molar-refractivity contribution in [2.24, 2.45) is 0 Å². The SMILES string of the molecule is O=C(c1cc(S(=O)(=O)NO)c([N+](=O)[O-])s1)N1CCOCC1. The number of ether oxygens (including phenoxy) is 1. The Labute approximate surface area is 123 Å². The zero-order valence-electron chi connectivity index (χ0n) is 10.5. The fourth-order valence-corrected chi connectivity index (χ4v) is 3.80. The molecule has 10 nitrogen and oxygen atoms in total. The zero-order chi connectivity index (χ0) is 15.6. The van der Waals surface area contributed by atoms with Crippen molar-refractivity contribution in [2.75, 3.05) is 26.3 Å². The lowest BCUT2D eigenvalue weighted by Crippen LogP contribution is -2.40. The molecule has 1 aromatic heterocycles.